The topological polar surface area (TPSA) is 307 Å². The van der Waals surface area contributed by atoms with Crippen molar-refractivity contribution in [2.75, 3.05) is 93.9 Å². The lowest BCUT2D eigenvalue weighted by Gasteiger charge is -2.62. The van der Waals surface area contributed by atoms with Gasteiger partial charge in [-0.3, -0.25) is 30.2 Å². The minimum absolute atomic E-state index is 0.00310. The average Bonchev–Trinajstić information content (AvgIpc) is 1.56. The molecule has 28 heteroatoms. The number of aliphatic hydroxyl groups is 1. The normalized spacial score (nSPS) is 28.0. The number of piperazine rings is 2. The fourth-order valence-electron chi connectivity index (χ4n) is 21.5. The molecule has 0 aromatic heterocycles. The average molecular weight is 1630 g/mol. The van der Waals surface area contributed by atoms with Gasteiger partial charge < -0.3 is 82.4 Å². The van der Waals surface area contributed by atoms with Crippen LogP contribution in [0.2, 0.25) is 0 Å². The van der Waals surface area contributed by atoms with Gasteiger partial charge in [0.2, 0.25) is 13.6 Å². The molecule has 4 fully saturated rings. The number of ether oxygens (including phenoxy) is 12. The summed E-state index contributed by atoms with van der Waals surface area (Å²) in [4.78, 5) is 38.5. The zero-order valence-electron chi connectivity index (χ0n) is 66.6. The Labute approximate surface area is 685 Å². The molecule has 14 aliphatic rings. The zero-order valence-corrected chi connectivity index (χ0v) is 68.2. The summed E-state index contributed by atoms with van der Waals surface area (Å²) < 4.78 is 74.8. The number of esters is 2. The number of phenolic OH excluding ortho intramolecular Hbond substituents is 4. The number of aliphatic hydroxyl groups excluding tert-OH is 1. The van der Waals surface area contributed by atoms with E-state index >= 15 is 0 Å². The van der Waals surface area contributed by atoms with E-state index in [-0.39, 0.29) is 98.1 Å². The monoisotopic (exact) mass is 1630 g/mol. The van der Waals surface area contributed by atoms with Gasteiger partial charge >= 0.3 is 11.9 Å². The molecule has 14 aliphatic heterocycles. The summed E-state index contributed by atoms with van der Waals surface area (Å²) in [7, 11) is 10.2. The highest BCUT2D eigenvalue weighted by atomic mass is 32.2. The van der Waals surface area contributed by atoms with Gasteiger partial charge in [0.05, 0.1) is 75.2 Å². The van der Waals surface area contributed by atoms with E-state index in [1.165, 1.54) is 14.2 Å². The molecule has 8 aromatic rings. The van der Waals surface area contributed by atoms with Crippen molar-refractivity contribution in [3.05, 3.63) is 197 Å². The molecule has 117 heavy (non-hydrogen) atoms. The lowest BCUT2D eigenvalue weighted by atomic mass is 9.71. The van der Waals surface area contributed by atoms with E-state index in [1.54, 1.807) is 62.0 Å². The van der Waals surface area contributed by atoms with Crippen molar-refractivity contribution < 1.29 is 92.0 Å². The van der Waals surface area contributed by atoms with Gasteiger partial charge in [-0.25, -0.2) is 9.59 Å². The van der Waals surface area contributed by atoms with Crippen LogP contribution in [0, 0.1) is 39.0 Å². The molecule has 0 radical (unpaired) electrons. The van der Waals surface area contributed by atoms with Crippen LogP contribution in [0.4, 0.5) is 0 Å². The number of methoxy groups -OCH3 is 4. The number of benzene rings is 8. The van der Waals surface area contributed by atoms with E-state index in [2.05, 4.69) is 48.4 Å². The standard InChI is InChI=1S/C45H46N4O9S.C44H47N3O10S/c1-22-13-26-14-28-29(17-46)49-30-19-56-44(52)45(27-16-32(53-4)31(50)15-25(27)11-12-47-45)20-59-43(37(49)36(48(28)3)33(26)38(51)39(22)54-5)35-34(30)42-41(57-21-58-42)23(2)40(35)55-18-24-9-7-6-8-10-24;1-21-13-25-14-27-42(50)47-28-18-55-43(51)44(26-16-30(52-4)29(48)15-24(26)11-12-45-44)19-58-41(35(47)34(46(27)3)31(25)36(49)37(21)53-5)33-32(28)40-39(56-20-57-40)22(2)38(33)54-17-23-9-7-6-8-10-23/h6-10,13,15-16,28-30,36-37,43,47,50-51H,11-12,14,18-21H2,1-5H3;6-10,13,15-16,27-28,34-35,41-42,45,48-50H,11-12,14,17-20H2,1-5H3/t28-,29-,30-,36+,37?,43+,45+;27-,28-,34+,35?,41+,42-,44+/m00/s1. The number of hydrogen-bond donors (Lipinski definition) is 7. The van der Waals surface area contributed by atoms with E-state index in [0.29, 0.717) is 95.9 Å². The third-order valence-electron chi connectivity index (χ3n) is 26.7. The SMILES string of the molecule is COc1cc2c(cc1O)CCN[C@]21CS[C@@H]2c3c(OCc4ccccc4)c(C)c4c(c3[C@H](COC1=O)N1C2[C@H]2c3c(cc(C)c(OC)c3O)C[C@@H]([C@@H]1C#N)N2C)OCO4.COc1cc2c(cc1O)CCN[C@]21CS[C@@H]2c3c(OCc4ccccc4)c(C)c4c(c3[C@H](COC1=O)N1C2[C@H]2c3c(cc(C)c(OC)c3O)C[C@@H]([C@@H]1O)N2C)OCO4. The van der Waals surface area contributed by atoms with Crippen LogP contribution in [-0.2, 0) is 69.0 Å². The Morgan fingerprint density at radius 3 is 1.39 bits per heavy atom. The summed E-state index contributed by atoms with van der Waals surface area (Å²) in [6, 6.07) is 29.3. The molecule has 0 aliphatic carbocycles. The minimum Gasteiger partial charge on any atom is -0.504 e. The van der Waals surface area contributed by atoms with Gasteiger partial charge in [0.15, 0.2) is 80.1 Å². The van der Waals surface area contributed by atoms with Crippen LogP contribution in [0.3, 0.4) is 0 Å². The number of likely N-dealkylation sites (N-methyl/N-ethyl adjacent to an activating group) is 2. The summed E-state index contributed by atoms with van der Waals surface area (Å²) in [5.74, 6) is 4.59. The molecular weight excluding hydrogens is 1540 g/mol. The van der Waals surface area contributed by atoms with Crippen molar-refractivity contribution in [1.82, 2.24) is 30.2 Å². The van der Waals surface area contributed by atoms with Gasteiger partial charge in [-0.2, -0.15) is 5.26 Å². The fraction of sp³-hybridized carbons (Fsp3) is 0.427. The third-order valence-corrected chi connectivity index (χ3v) is 29.6. The first kappa shape index (κ1) is 76.8. The second kappa shape index (κ2) is 29.4. The molecule has 22 rings (SSSR count). The molecule has 14 atom stereocenters. The van der Waals surface area contributed by atoms with Crippen molar-refractivity contribution >= 4 is 35.5 Å². The quantitative estimate of drug-likeness (QED) is 0.0626. The number of nitrogens with zero attached hydrogens (tertiary/aromatic N) is 5. The molecular formula is C89H93N7O19S2. The number of fused-ring (bicyclic) bond motifs is 18. The molecule has 4 saturated heterocycles. The predicted octanol–water partition coefficient (Wildman–Crippen LogP) is 10.7. The summed E-state index contributed by atoms with van der Waals surface area (Å²) in [5, 5.41) is 76.2. The molecule has 0 amide bonds. The van der Waals surface area contributed by atoms with Crippen molar-refractivity contribution in [3.8, 4) is 86.6 Å². The van der Waals surface area contributed by atoms with Crippen LogP contribution < -0.4 is 58.0 Å². The van der Waals surface area contributed by atoms with Crippen molar-refractivity contribution in [2.24, 2.45) is 0 Å². The Bertz CT molecular complexity index is 5440. The second-order valence-corrected chi connectivity index (χ2v) is 34.6. The minimum atomic E-state index is -1.32. The Kier molecular flexibility index (Phi) is 19.3. The number of nitrogens with one attached hydrogen (secondary N) is 2. The van der Waals surface area contributed by atoms with E-state index in [0.717, 1.165) is 89.0 Å². The van der Waals surface area contributed by atoms with Gasteiger partial charge in [-0.1, -0.05) is 72.8 Å². The van der Waals surface area contributed by atoms with Crippen LogP contribution in [-0.4, -0.2) is 187 Å². The number of aromatic hydroxyl groups is 4. The van der Waals surface area contributed by atoms with Crippen LogP contribution in [0.15, 0.2) is 97.1 Å². The Morgan fingerprint density at radius 2 is 0.949 bits per heavy atom. The van der Waals surface area contributed by atoms with Crippen LogP contribution in [0.25, 0.3) is 0 Å². The highest BCUT2D eigenvalue weighted by Crippen LogP contribution is 2.68. The Hall–Kier alpha value is -10.2. The van der Waals surface area contributed by atoms with Crippen molar-refractivity contribution in [2.45, 2.75) is 149 Å². The molecule has 14 heterocycles. The molecule has 2 unspecified atom stereocenters. The first-order valence-corrected chi connectivity index (χ1v) is 41.8. The first-order valence-electron chi connectivity index (χ1n) is 39.7. The molecule has 8 aromatic carbocycles. The highest BCUT2D eigenvalue weighted by Gasteiger charge is 2.65. The van der Waals surface area contributed by atoms with E-state index in [4.69, 9.17) is 56.8 Å². The van der Waals surface area contributed by atoms with Crippen LogP contribution >= 0.6 is 23.5 Å². The number of phenols is 4. The summed E-state index contributed by atoms with van der Waals surface area (Å²) in [5.41, 5.74) is 12.4. The zero-order chi connectivity index (χ0) is 81.1. The smallest absolute Gasteiger partial charge is 0.331 e. The maximum Gasteiger partial charge on any atom is 0.331 e. The molecule has 610 valence electrons. The Morgan fingerprint density at radius 1 is 0.521 bits per heavy atom. The maximum absolute atomic E-state index is 14.9. The number of thioether (sulfide) groups is 2. The Balaban J connectivity index is 0.000000156. The molecule has 26 nitrogen and oxygen atoms in total. The maximum atomic E-state index is 14.9. The largest absolute Gasteiger partial charge is 0.504 e. The summed E-state index contributed by atoms with van der Waals surface area (Å²) in [6.45, 7) is 9.12. The highest BCUT2D eigenvalue weighted by molar-refractivity contribution is 7.99. The predicted molar refractivity (Wildman–Crippen MR) is 431 cm³/mol. The lowest BCUT2D eigenvalue weighted by molar-refractivity contribution is -0.186. The molecule has 7 N–H and O–H groups in total. The molecule has 0 saturated carbocycles. The number of carbonyl (C=O) groups is 2. The van der Waals surface area contributed by atoms with Gasteiger partial charge in [-0.15, -0.1) is 23.5 Å². The molecule has 2 spiro atoms. The van der Waals surface area contributed by atoms with Crippen LogP contribution in [0.5, 0.6) is 80.5 Å². The fourth-order valence-corrected chi connectivity index (χ4v) is 24.8. The number of aryl methyl sites for hydroxylation is 2. The summed E-state index contributed by atoms with van der Waals surface area (Å²) in [6.07, 6.45) is 1.20. The van der Waals surface area contributed by atoms with Crippen molar-refractivity contribution in [1.29, 1.82) is 5.26 Å². The first-order chi connectivity index (χ1) is 56.7. The summed E-state index contributed by atoms with van der Waals surface area (Å²) >= 11 is 3.16. The van der Waals surface area contributed by atoms with Crippen molar-refractivity contribution in [3.63, 3.8) is 0 Å². The molecule has 8 bridgehead atoms. The number of carbonyl (C=O) groups excluding carboxylic acids is 2. The number of nitriles is 1. The van der Waals surface area contributed by atoms with Crippen LogP contribution in [0.1, 0.15) is 135 Å². The van der Waals surface area contributed by atoms with E-state index < -0.39 is 82.0 Å². The van der Waals surface area contributed by atoms with Gasteiger partial charge in [0.25, 0.3) is 0 Å². The number of rotatable bonds is 10. The van der Waals surface area contributed by atoms with E-state index in [1.807, 2.05) is 102 Å². The second-order valence-electron chi connectivity index (χ2n) is 32.4. The van der Waals surface area contributed by atoms with Gasteiger partial charge in [0.1, 0.15) is 50.2 Å². The van der Waals surface area contributed by atoms with Gasteiger partial charge in [-0.05, 0) is 147 Å². The lowest BCUT2D eigenvalue weighted by Crippen LogP contribution is -2.70. The van der Waals surface area contributed by atoms with Gasteiger partial charge in [0, 0.05) is 87.2 Å². The van der Waals surface area contributed by atoms with E-state index in [9.17, 15) is 40.4 Å². The number of hydrogen-bond acceptors (Lipinski definition) is 28. The third kappa shape index (κ3) is 11.6.